The normalized spacial score (nSPS) is 27.7. The fourth-order valence-electron chi connectivity index (χ4n) is 1.50. The van der Waals surface area contributed by atoms with Gasteiger partial charge in [0.1, 0.15) is 6.29 Å². The van der Waals surface area contributed by atoms with Gasteiger partial charge in [-0.1, -0.05) is 30.3 Å². The highest BCUT2D eigenvalue weighted by atomic mass is 16.1. The zero-order chi connectivity index (χ0) is 8.39. The van der Waals surface area contributed by atoms with Crippen molar-refractivity contribution >= 4 is 6.29 Å². The third kappa shape index (κ3) is 1.25. The summed E-state index contributed by atoms with van der Waals surface area (Å²) in [5.41, 5.74) is 1.27. The van der Waals surface area contributed by atoms with Gasteiger partial charge < -0.3 is 10.1 Å². The molecule has 2 heteroatoms. The van der Waals surface area contributed by atoms with E-state index in [4.69, 9.17) is 0 Å². The average Bonchev–Trinajstić information content (AvgIpc) is 2.04. The molecule has 1 aromatic rings. The van der Waals surface area contributed by atoms with E-state index in [9.17, 15) is 4.79 Å². The fraction of sp³-hybridized carbons (Fsp3) is 0.300. The molecule has 1 N–H and O–H groups in total. The first-order valence-electron chi connectivity index (χ1n) is 4.16. The summed E-state index contributed by atoms with van der Waals surface area (Å²) >= 11 is 0. The Labute approximate surface area is 71.6 Å². The lowest BCUT2D eigenvalue weighted by Gasteiger charge is -2.33. The topological polar surface area (TPSA) is 29.1 Å². The van der Waals surface area contributed by atoms with Gasteiger partial charge in [0.2, 0.25) is 0 Å². The Morgan fingerprint density at radius 1 is 1.33 bits per heavy atom. The van der Waals surface area contributed by atoms with Crippen molar-refractivity contribution in [3.05, 3.63) is 35.9 Å². The van der Waals surface area contributed by atoms with Crippen LogP contribution in [0.2, 0.25) is 0 Å². The van der Waals surface area contributed by atoms with Crippen molar-refractivity contribution in [2.75, 3.05) is 0 Å². The first-order chi connectivity index (χ1) is 5.90. The van der Waals surface area contributed by atoms with Crippen molar-refractivity contribution in [2.45, 2.75) is 18.5 Å². The van der Waals surface area contributed by atoms with Crippen molar-refractivity contribution in [3.8, 4) is 0 Å². The number of carbonyl (C=O) groups is 1. The summed E-state index contributed by atoms with van der Waals surface area (Å²) < 4.78 is 0. The summed E-state index contributed by atoms with van der Waals surface area (Å²) in [6.45, 7) is 0. The molecule has 0 aromatic heterocycles. The van der Waals surface area contributed by atoms with Gasteiger partial charge in [0.15, 0.2) is 0 Å². The van der Waals surface area contributed by atoms with Crippen LogP contribution in [0.3, 0.4) is 0 Å². The molecule has 1 aliphatic heterocycles. The Balaban J connectivity index is 2.01. The lowest BCUT2D eigenvalue weighted by atomic mass is 9.92. The average molecular weight is 161 g/mol. The molecule has 1 heterocycles. The fourth-order valence-corrected chi connectivity index (χ4v) is 1.50. The SMILES string of the molecule is O=CC1C[C@@H](c2ccccc2)N1. The Hall–Kier alpha value is -1.15. The minimum absolute atomic E-state index is 0.0789. The highest BCUT2D eigenvalue weighted by Gasteiger charge is 2.28. The first-order valence-corrected chi connectivity index (χ1v) is 4.16. The number of hydrogen-bond acceptors (Lipinski definition) is 2. The smallest absolute Gasteiger partial charge is 0.136 e. The van der Waals surface area contributed by atoms with Crippen LogP contribution in [0.4, 0.5) is 0 Å². The van der Waals surface area contributed by atoms with E-state index in [-0.39, 0.29) is 6.04 Å². The molecule has 62 valence electrons. The number of hydrogen-bond donors (Lipinski definition) is 1. The van der Waals surface area contributed by atoms with Gasteiger partial charge in [-0.2, -0.15) is 0 Å². The molecule has 1 aromatic carbocycles. The van der Waals surface area contributed by atoms with Crippen LogP contribution in [0.25, 0.3) is 0 Å². The third-order valence-corrected chi connectivity index (χ3v) is 2.27. The highest BCUT2D eigenvalue weighted by Crippen LogP contribution is 2.25. The van der Waals surface area contributed by atoms with E-state index >= 15 is 0 Å². The van der Waals surface area contributed by atoms with Gasteiger partial charge in [-0.05, 0) is 12.0 Å². The Morgan fingerprint density at radius 2 is 2.00 bits per heavy atom. The van der Waals surface area contributed by atoms with E-state index in [0.717, 1.165) is 12.7 Å². The monoisotopic (exact) mass is 161 g/mol. The molecule has 1 unspecified atom stereocenters. The number of nitrogens with one attached hydrogen (secondary N) is 1. The quantitative estimate of drug-likeness (QED) is 0.662. The minimum atomic E-state index is 0.0789. The Morgan fingerprint density at radius 3 is 2.58 bits per heavy atom. The summed E-state index contributed by atoms with van der Waals surface area (Å²) in [5, 5.41) is 3.18. The first kappa shape index (κ1) is 7.50. The molecule has 0 saturated carbocycles. The lowest BCUT2D eigenvalue weighted by molar-refractivity contribution is -0.111. The molecule has 0 radical (unpaired) electrons. The summed E-state index contributed by atoms with van der Waals surface area (Å²) in [5.74, 6) is 0. The second-order valence-electron chi connectivity index (χ2n) is 3.11. The van der Waals surface area contributed by atoms with Crippen LogP contribution in [-0.2, 0) is 4.79 Å². The molecule has 0 spiro atoms. The van der Waals surface area contributed by atoms with Gasteiger partial charge in [-0.3, -0.25) is 0 Å². The zero-order valence-corrected chi connectivity index (χ0v) is 6.73. The molecule has 1 saturated heterocycles. The second kappa shape index (κ2) is 3.07. The van der Waals surface area contributed by atoms with E-state index in [0.29, 0.717) is 6.04 Å². The standard InChI is InChI=1S/C10H11NO/c12-7-9-6-10(11-9)8-4-2-1-3-5-8/h1-5,7,9-11H,6H2/t9?,10-/m0/s1. The number of aldehydes is 1. The largest absolute Gasteiger partial charge is 0.302 e. The van der Waals surface area contributed by atoms with Crippen LogP contribution >= 0.6 is 0 Å². The van der Waals surface area contributed by atoms with Crippen LogP contribution in [0.1, 0.15) is 18.0 Å². The highest BCUT2D eigenvalue weighted by molar-refractivity contribution is 5.59. The Kier molecular flexibility index (Phi) is 1.92. The molecule has 2 rings (SSSR count). The molecule has 1 aliphatic rings. The van der Waals surface area contributed by atoms with Gasteiger partial charge in [0.05, 0.1) is 6.04 Å². The van der Waals surface area contributed by atoms with Crippen LogP contribution in [0.5, 0.6) is 0 Å². The maximum Gasteiger partial charge on any atom is 0.136 e. The molecule has 1 fully saturated rings. The summed E-state index contributed by atoms with van der Waals surface area (Å²) in [6.07, 6.45) is 1.91. The number of rotatable bonds is 2. The summed E-state index contributed by atoms with van der Waals surface area (Å²) in [4.78, 5) is 10.3. The van der Waals surface area contributed by atoms with Crippen LogP contribution in [0, 0.1) is 0 Å². The van der Waals surface area contributed by atoms with Gasteiger partial charge >= 0.3 is 0 Å². The van der Waals surface area contributed by atoms with E-state index in [1.165, 1.54) is 5.56 Å². The van der Waals surface area contributed by atoms with Crippen LogP contribution < -0.4 is 5.32 Å². The molecular formula is C10H11NO. The predicted molar refractivity (Wildman–Crippen MR) is 46.8 cm³/mol. The van der Waals surface area contributed by atoms with Gasteiger partial charge in [0, 0.05) is 6.04 Å². The zero-order valence-electron chi connectivity index (χ0n) is 6.73. The molecule has 0 aliphatic carbocycles. The number of carbonyl (C=O) groups excluding carboxylic acids is 1. The molecule has 2 nitrogen and oxygen atoms in total. The van der Waals surface area contributed by atoms with Crippen LogP contribution in [0.15, 0.2) is 30.3 Å². The second-order valence-corrected chi connectivity index (χ2v) is 3.11. The Bertz CT molecular complexity index is 264. The summed E-state index contributed by atoms with van der Waals surface area (Å²) in [7, 11) is 0. The predicted octanol–water partition coefficient (Wildman–Crippen LogP) is 1.29. The molecule has 0 bridgehead atoms. The lowest BCUT2D eigenvalue weighted by Crippen LogP contribution is -2.46. The number of benzene rings is 1. The molecule has 0 amide bonds. The van der Waals surface area contributed by atoms with Crippen molar-refractivity contribution < 1.29 is 4.79 Å². The van der Waals surface area contributed by atoms with E-state index in [2.05, 4.69) is 17.4 Å². The minimum Gasteiger partial charge on any atom is -0.302 e. The van der Waals surface area contributed by atoms with E-state index in [1.807, 2.05) is 18.2 Å². The summed E-state index contributed by atoms with van der Waals surface area (Å²) in [6, 6.07) is 10.7. The van der Waals surface area contributed by atoms with Crippen molar-refractivity contribution in [1.82, 2.24) is 5.32 Å². The maximum atomic E-state index is 10.3. The van der Waals surface area contributed by atoms with Gasteiger partial charge in [-0.25, -0.2) is 0 Å². The molecule has 12 heavy (non-hydrogen) atoms. The maximum absolute atomic E-state index is 10.3. The van der Waals surface area contributed by atoms with Gasteiger partial charge in [-0.15, -0.1) is 0 Å². The van der Waals surface area contributed by atoms with Crippen LogP contribution in [-0.4, -0.2) is 12.3 Å². The van der Waals surface area contributed by atoms with Crippen molar-refractivity contribution in [3.63, 3.8) is 0 Å². The van der Waals surface area contributed by atoms with E-state index in [1.54, 1.807) is 0 Å². The molecular weight excluding hydrogens is 150 g/mol. The third-order valence-electron chi connectivity index (χ3n) is 2.27. The van der Waals surface area contributed by atoms with Crippen molar-refractivity contribution in [2.24, 2.45) is 0 Å². The van der Waals surface area contributed by atoms with E-state index < -0.39 is 0 Å². The van der Waals surface area contributed by atoms with Crippen molar-refractivity contribution in [1.29, 1.82) is 0 Å². The van der Waals surface area contributed by atoms with Gasteiger partial charge in [0.25, 0.3) is 0 Å². The molecule has 2 atom stereocenters.